The smallest absolute Gasteiger partial charge is 0.494 e. The second kappa shape index (κ2) is 11.1. The molecule has 37 heavy (non-hydrogen) atoms. The third-order valence-corrected chi connectivity index (χ3v) is 5.96. The van der Waals surface area contributed by atoms with Crippen LogP contribution in [-0.4, -0.2) is 87.6 Å². The second-order valence-corrected chi connectivity index (χ2v) is 8.72. The minimum Gasteiger partial charge on any atom is -0.494 e. The molecule has 1 aromatic carbocycles. The predicted octanol–water partition coefficient (Wildman–Crippen LogP) is 0.939. The fraction of sp³-hybridized carbons (Fsp3) is 0.565. The third-order valence-electron chi connectivity index (χ3n) is 5.96. The van der Waals surface area contributed by atoms with Gasteiger partial charge in [0, 0.05) is 23.7 Å². The molecular formula is C23H30F2N2O10. The summed E-state index contributed by atoms with van der Waals surface area (Å²) in [4.78, 5) is 11.3. The van der Waals surface area contributed by atoms with Crippen molar-refractivity contribution >= 4 is 6.16 Å². The van der Waals surface area contributed by atoms with E-state index in [1.54, 1.807) is 20.8 Å². The van der Waals surface area contributed by atoms with Gasteiger partial charge in [-0.3, -0.25) is 4.68 Å². The Bertz CT molecular complexity index is 1130. The van der Waals surface area contributed by atoms with Gasteiger partial charge in [-0.2, -0.15) is 4.39 Å². The van der Waals surface area contributed by atoms with Gasteiger partial charge in [-0.1, -0.05) is 6.07 Å². The number of carbonyl (C=O) groups excluding carboxylic acids is 1. The highest BCUT2D eigenvalue weighted by Crippen LogP contribution is 2.35. The quantitative estimate of drug-likeness (QED) is 0.283. The lowest BCUT2D eigenvalue weighted by Gasteiger charge is -2.44. The van der Waals surface area contributed by atoms with Crippen LogP contribution in [0.1, 0.15) is 36.7 Å². The number of benzene rings is 1. The summed E-state index contributed by atoms with van der Waals surface area (Å²) >= 11 is 0. The van der Waals surface area contributed by atoms with Gasteiger partial charge < -0.3 is 44.1 Å². The molecule has 4 N–H and O–H groups in total. The molecule has 3 rings (SSSR count). The number of rotatable bonds is 8. The Morgan fingerprint density at radius 2 is 1.86 bits per heavy atom. The van der Waals surface area contributed by atoms with Crippen molar-refractivity contribution in [3.05, 3.63) is 40.6 Å². The van der Waals surface area contributed by atoms with Crippen molar-refractivity contribution in [2.45, 2.75) is 63.6 Å². The Kier molecular flexibility index (Phi) is 8.59. The SMILES string of the molecule is COC(=O)OC[C@H]1O[C@](O)(Oc2nn(C(C)C)c(C)c2Cc2ccc(OC)c(F)c2F)[C@H](O)[C@@H](O)[C@@H]1O. The van der Waals surface area contributed by atoms with E-state index in [4.69, 9.17) is 18.9 Å². The van der Waals surface area contributed by atoms with E-state index in [9.17, 15) is 34.0 Å². The van der Waals surface area contributed by atoms with E-state index in [-0.39, 0.29) is 35.2 Å². The van der Waals surface area contributed by atoms with Crippen LogP contribution in [0.2, 0.25) is 0 Å². The fourth-order valence-corrected chi connectivity index (χ4v) is 3.91. The highest BCUT2D eigenvalue weighted by molar-refractivity contribution is 5.59. The molecule has 0 aliphatic carbocycles. The molecule has 206 valence electrons. The average Bonchev–Trinajstić information content (AvgIpc) is 3.16. The monoisotopic (exact) mass is 532 g/mol. The number of hydrogen-bond acceptors (Lipinski definition) is 11. The number of aliphatic hydroxyl groups is 4. The molecule has 0 unspecified atom stereocenters. The number of hydrogen-bond donors (Lipinski definition) is 4. The molecular weight excluding hydrogens is 502 g/mol. The van der Waals surface area contributed by atoms with Crippen LogP contribution >= 0.6 is 0 Å². The number of aliphatic hydroxyl groups excluding tert-OH is 3. The summed E-state index contributed by atoms with van der Waals surface area (Å²) in [7, 11) is 2.25. The van der Waals surface area contributed by atoms with Gasteiger partial charge in [0.15, 0.2) is 17.7 Å². The highest BCUT2D eigenvalue weighted by Gasteiger charge is 2.56. The van der Waals surface area contributed by atoms with Gasteiger partial charge in [-0.15, -0.1) is 5.10 Å². The largest absolute Gasteiger partial charge is 0.508 e. The first-order valence-electron chi connectivity index (χ1n) is 11.3. The zero-order valence-corrected chi connectivity index (χ0v) is 20.8. The van der Waals surface area contributed by atoms with Crippen LogP contribution in [0, 0.1) is 18.6 Å². The van der Waals surface area contributed by atoms with E-state index >= 15 is 0 Å². The van der Waals surface area contributed by atoms with Crippen molar-refractivity contribution < 1.29 is 57.7 Å². The summed E-state index contributed by atoms with van der Waals surface area (Å²) in [6.45, 7) is 4.55. The Morgan fingerprint density at radius 1 is 1.19 bits per heavy atom. The first-order valence-corrected chi connectivity index (χ1v) is 11.3. The normalized spacial score (nSPS) is 25.7. The van der Waals surface area contributed by atoms with Crippen LogP contribution in [-0.2, 0) is 20.6 Å². The van der Waals surface area contributed by atoms with Crippen LogP contribution in [0.15, 0.2) is 12.1 Å². The number of halogens is 2. The number of ether oxygens (including phenoxy) is 5. The van der Waals surface area contributed by atoms with Gasteiger partial charge in [-0.05, 0) is 32.4 Å². The Balaban J connectivity index is 1.98. The molecule has 0 radical (unpaired) electrons. The van der Waals surface area contributed by atoms with Crippen LogP contribution < -0.4 is 9.47 Å². The van der Waals surface area contributed by atoms with Crippen LogP contribution in [0.25, 0.3) is 0 Å². The topological polar surface area (TPSA) is 162 Å². The summed E-state index contributed by atoms with van der Waals surface area (Å²) in [6.07, 6.45) is -8.89. The van der Waals surface area contributed by atoms with Gasteiger partial charge in [0.25, 0.3) is 0 Å². The zero-order valence-electron chi connectivity index (χ0n) is 20.8. The number of aromatic nitrogens is 2. The summed E-state index contributed by atoms with van der Waals surface area (Å²) in [5.74, 6) is -5.93. The highest BCUT2D eigenvalue weighted by atomic mass is 19.2. The lowest BCUT2D eigenvalue weighted by Crippen LogP contribution is -2.67. The molecule has 0 saturated carbocycles. The Hall–Kier alpha value is -3.04. The van der Waals surface area contributed by atoms with Gasteiger partial charge >= 0.3 is 12.1 Å². The van der Waals surface area contributed by atoms with E-state index < -0.39 is 54.8 Å². The van der Waals surface area contributed by atoms with Gasteiger partial charge in [0.1, 0.15) is 24.9 Å². The molecule has 1 saturated heterocycles. The van der Waals surface area contributed by atoms with Crippen molar-refractivity contribution in [2.75, 3.05) is 20.8 Å². The molecule has 2 heterocycles. The van der Waals surface area contributed by atoms with Crippen molar-refractivity contribution in [1.29, 1.82) is 0 Å². The molecule has 0 amide bonds. The lowest BCUT2D eigenvalue weighted by molar-refractivity contribution is -0.423. The second-order valence-electron chi connectivity index (χ2n) is 8.72. The molecule has 2 aromatic rings. The molecule has 1 aliphatic rings. The lowest BCUT2D eigenvalue weighted by atomic mass is 9.97. The third kappa shape index (κ3) is 5.62. The van der Waals surface area contributed by atoms with E-state index in [0.717, 1.165) is 7.11 Å². The minimum atomic E-state index is -2.98. The van der Waals surface area contributed by atoms with Crippen molar-refractivity contribution in [1.82, 2.24) is 9.78 Å². The summed E-state index contributed by atoms with van der Waals surface area (Å²) in [5.41, 5.74) is 0.608. The van der Waals surface area contributed by atoms with E-state index in [1.807, 2.05) is 0 Å². The molecule has 0 spiro atoms. The van der Waals surface area contributed by atoms with Crippen molar-refractivity contribution in [3.63, 3.8) is 0 Å². The number of methoxy groups -OCH3 is 2. The molecule has 12 nitrogen and oxygen atoms in total. The minimum absolute atomic E-state index is 0.0773. The van der Waals surface area contributed by atoms with Crippen LogP contribution in [0.4, 0.5) is 13.6 Å². The zero-order chi connectivity index (χ0) is 27.7. The van der Waals surface area contributed by atoms with Crippen LogP contribution in [0.3, 0.4) is 0 Å². The number of nitrogens with zero attached hydrogens (tertiary/aromatic N) is 2. The molecule has 1 aromatic heterocycles. The maximum atomic E-state index is 14.7. The summed E-state index contributed by atoms with van der Waals surface area (Å²) in [5, 5.41) is 46.3. The first kappa shape index (κ1) is 28.5. The maximum Gasteiger partial charge on any atom is 0.508 e. The number of carbonyl (C=O) groups is 1. The molecule has 1 aliphatic heterocycles. The first-order chi connectivity index (χ1) is 17.3. The Morgan fingerprint density at radius 3 is 2.46 bits per heavy atom. The molecule has 1 fully saturated rings. The van der Waals surface area contributed by atoms with E-state index in [0.29, 0.717) is 5.69 Å². The van der Waals surface area contributed by atoms with Gasteiger partial charge in [0.2, 0.25) is 11.7 Å². The fourth-order valence-electron chi connectivity index (χ4n) is 3.91. The van der Waals surface area contributed by atoms with Crippen molar-refractivity contribution in [2.24, 2.45) is 0 Å². The standard InChI is InChI=1S/C23H30F2N2O10/c1-10(2)27-11(3)13(8-12-6-7-14(33-4)17(25)16(12)24)21(26-27)37-23(32)20(30)19(29)18(28)15(36-23)9-35-22(31)34-5/h6-7,10,15,18-20,28-30,32H,8-9H2,1-5H3/t15-,18-,19+,20-,23+/m1/s1. The van der Waals surface area contributed by atoms with Crippen LogP contribution in [0.5, 0.6) is 11.6 Å². The predicted molar refractivity (Wildman–Crippen MR) is 120 cm³/mol. The van der Waals surface area contributed by atoms with Crippen molar-refractivity contribution in [3.8, 4) is 11.6 Å². The Labute approximate surface area is 210 Å². The maximum absolute atomic E-state index is 14.7. The van der Waals surface area contributed by atoms with E-state index in [2.05, 4.69) is 9.84 Å². The van der Waals surface area contributed by atoms with Gasteiger partial charge in [-0.25, -0.2) is 9.18 Å². The molecule has 5 atom stereocenters. The average molecular weight is 532 g/mol. The molecule has 0 bridgehead atoms. The van der Waals surface area contributed by atoms with E-state index in [1.165, 1.54) is 23.9 Å². The van der Waals surface area contributed by atoms with Gasteiger partial charge in [0.05, 0.1) is 14.2 Å². The summed E-state index contributed by atoms with van der Waals surface area (Å²) in [6, 6.07) is 2.34. The summed E-state index contributed by atoms with van der Waals surface area (Å²) < 4.78 is 55.2. The molecule has 14 heteroatoms.